The van der Waals surface area contributed by atoms with Crippen molar-refractivity contribution in [1.29, 1.82) is 5.26 Å². The summed E-state index contributed by atoms with van der Waals surface area (Å²) in [5, 5.41) is 9.49. The van der Waals surface area contributed by atoms with Gasteiger partial charge < -0.3 is 24.0 Å². The van der Waals surface area contributed by atoms with Gasteiger partial charge in [-0.05, 0) is 31.9 Å². The predicted molar refractivity (Wildman–Crippen MR) is 109 cm³/mol. The molecule has 2 amide bonds. The molecule has 8 nitrogen and oxygen atoms in total. The van der Waals surface area contributed by atoms with Gasteiger partial charge in [-0.3, -0.25) is 9.59 Å². The smallest absolute Gasteiger partial charge is 0.258 e. The molecule has 0 aromatic heterocycles. The molecule has 1 saturated heterocycles. The third-order valence-corrected chi connectivity index (χ3v) is 6.00. The topological polar surface area (TPSA) is 92.1 Å². The maximum atomic E-state index is 13.2. The minimum Gasteiger partial charge on any atom is -0.491 e. The molecule has 8 heteroatoms. The summed E-state index contributed by atoms with van der Waals surface area (Å²) < 4.78 is 17.7. The highest BCUT2D eigenvalue weighted by molar-refractivity contribution is 6.00. The number of nitrogens with zero attached hydrogens (tertiary/aromatic N) is 3. The molecule has 0 saturated carbocycles. The lowest BCUT2D eigenvalue weighted by Gasteiger charge is -2.39. The fourth-order valence-corrected chi connectivity index (χ4v) is 4.03. The van der Waals surface area contributed by atoms with E-state index >= 15 is 0 Å². The van der Waals surface area contributed by atoms with Crippen molar-refractivity contribution >= 4 is 11.8 Å². The van der Waals surface area contributed by atoms with Crippen LogP contribution in [0.1, 0.15) is 42.1 Å². The zero-order valence-electron chi connectivity index (χ0n) is 18.0. The number of carbonyl (C=O) groups excluding carboxylic acids is 2. The summed E-state index contributed by atoms with van der Waals surface area (Å²) in [5.74, 6) is -0.300. The molecule has 162 valence electrons. The molecular formula is C22H29N3O5. The number of fused-ring (bicyclic) bond motifs is 3. The molecule has 1 aromatic carbocycles. The summed E-state index contributed by atoms with van der Waals surface area (Å²) in [6, 6.07) is 6.29. The summed E-state index contributed by atoms with van der Waals surface area (Å²) in [5.41, 5.74) is 0.567. The van der Waals surface area contributed by atoms with Crippen LogP contribution >= 0.6 is 0 Å². The Morgan fingerprint density at radius 3 is 2.67 bits per heavy atom. The molecule has 2 aliphatic rings. The Morgan fingerprint density at radius 2 is 1.97 bits per heavy atom. The van der Waals surface area contributed by atoms with E-state index in [2.05, 4.69) is 6.07 Å². The first-order valence-electron chi connectivity index (χ1n) is 10.2. The van der Waals surface area contributed by atoms with Crippen LogP contribution < -0.4 is 4.74 Å². The molecule has 30 heavy (non-hydrogen) atoms. The van der Waals surface area contributed by atoms with Gasteiger partial charge in [-0.1, -0.05) is 6.07 Å². The van der Waals surface area contributed by atoms with Crippen molar-refractivity contribution in [2.45, 2.75) is 50.5 Å². The summed E-state index contributed by atoms with van der Waals surface area (Å²) in [6.45, 7) is 2.40. The SMILES string of the molecule is CO[C@@H]1CC[C@H]2CCOc3c(C#N)cccc3C(=O)N(C)[C@@H](C)C(=O)N(C)C[C@H]1O2. The number of nitriles is 1. The van der Waals surface area contributed by atoms with Crippen LogP contribution in [0.2, 0.25) is 0 Å². The van der Waals surface area contributed by atoms with Crippen molar-refractivity contribution in [3.63, 3.8) is 0 Å². The van der Waals surface area contributed by atoms with Crippen LogP contribution in [0.3, 0.4) is 0 Å². The van der Waals surface area contributed by atoms with Gasteiger partial charge in [0.25, 0.3) is 5.91 Å². The standard InChI is InChI=1S/C22H29N3O5/c1-14-21(26)24(2)13-19-18(28-4)9-8-16(30-19)10-11-29-20-15(12-23)6-5-7-17(20)22(27)25(14)3/h5-7,14,16,18-19H,8-11,13H2,1-4H3/t14-,16-,18+,19+/m0/s1. The quantitative estimate of drug-likeness (QED) is 0.695. The molecule has 2 bridgehead atoms. The third kappa shape index (κ3) is 4.42. The van der Waals surface area contributed by atoms with Crippen LogP contribution in [0.15, 0.2) is 18.2 Å². The van der Waals surface area contributed by atoms with Gasteiger partial charge >= 0.3 is 0 Å². The number of carbonyl (C=O) groups is 2. The van der Waals surface area contributed by atoms with Gasteiger partial charge in [0.05, 0.1) is 29.9 Å². The van der Waals surface area contributed by atoms with Gasteiger partial charge in [0, 0.05) is 34.2 Å². The minimum absolute atomic E-state index is 0.0404. The first kappa shape index (κ1) is 22.1. The van der Waals surface area contributed by atoms with Gasteiger partial charge in [0.2, 0.25) is 5.91 Å². The summed E-state index contributed by atoms with van der Waals surface area (Å²) >= 11 is 0. The van der Waals surface area contributed by atoms with E-state index in [9.17, 15) is 14.9 Å². The highest BCUT2D eigenvalue weighted by Gasteiger charge is 2.35. The van der Waals surface area contributed by atoms with Crippen molar-refractivity contribution in [3.05, 3.63) is 29.3 Å². The van der Waals surface area contributed by atoms with E-state index in [0.717, 1.165) is 12.8 Å². The molecular weight excluding hydrogens is 386 g/mol. The first-order valence-corrected chi connectivity index (χ1v) is 10.2. The Hall–Kier alpha value is -2.63. The minimum atomic E-state index is -0.690. The van der Waals surface area contributed by atoms with Gasteiger partial charge in [-0.15, -0.1) is 0 Å². The number of likely N-dealkylation sites (N-methyl/N-ethyl adjacent to an activating group) is 2. The van der Waals surface area contributed by atoms with E-state index in [1.54, 1.807) is 51.2 Å². The molecule has 0 radical (unpaired) electrons. The molecule has 2 aliphatic heterocycles. The maximum Gasteiger partial charge on any atom is 0.258 e. The second kappa shape index (κ2) is 9.45. The number of methoxy groups -OCH3 is 1. The van der Waals surface area contributed by atoms with Gasteiger partial charge in [0.15, 0.2) is 0 Å². The monoisotopic (exact) mass is 415 g/mol. The number of para-hydroxylation sites is 1. The molecule has 2 heterocycles. The van der Waals surface area contributed by atoms with Crippen molar-refractivity contribution < 1.29 is 23.8 Å². The Bertz CT molecular complexity index is 837. The predicted octanol–water partition coefficient (Wildman–Crippen LogP) is 1.82. The molecule has 0 aliphatic carbocycles. The van der Waals surface area contributed by atoms with Gasteiger partial charge in [-0.2, -0.15) is 5.26 Å². The summed E-state index contributed by atoms with van der Waals surface area (Å²) in [7, 11) is 4.95. The van der Waals surface area contributed by atoms with E-state index in [4.69, 9.17) is 14.2 Å². The Morgan fingerprint density at radius 1 is 1.20 bits per heavy atom. The van der Waals surface area contributed by atoms with Gasteiger partial charge in [0.1, 0.15) is 24.0 Å². The van der Waals surface area contributed by atoms with Crippen molar-refractivity contribution in [2.24, 2.45) is 0 Å². The number of benzene rings is 1. The van der Waals surface area contributed by atoms with E-state index in [1.807, 2.05) is 0 Å². The van der Waals surface area contributed by atoms with Crippen LogP contribution in [0.5, 0.6) is 5.75 Å². The zero-order chi connectivity index (χ0) is 21.8. The average molecular weight is 415 g/mol. The molecule has 0 spiro atoms. The second-order valence-electron chi connectivity index (χ2n) is 7.89. The summed E-state index contributed by atoms with van der Waals surface area (Å²) in [4.78, 5) is 29.1. The van der Waals surface area contributed by atoms with Crippen LogP contribution in [0.25, 0.3) is 0 Å². The third-order valence-electron chi connectivity index (χ3n) is 6.00. The molecule has 3 rings (SSSR count). The number of rotatable bonds is 1. The van der Waals surface area contributed by atoms with Crippen LogP contribution in [-0.4, -0.2) is 80.3 Å². The van der Waals surface area contributed by atoms with Crippen molar-refractivity contribution in [1.82, 2.24) is 9.80 Å². The number of hydrogen-bond donors (Lipinski definition) is 0. The molecule has 0 N–H and O–H groups in total. The van der Waals surface area contributed by atoms with Crippen molar-refractivity contribution in [2.75, 3.05) is 34.4 Å². The second-order valence-corrected chi connectivity index (χ2v) is 7.89. The molecule has 0 unspecified atom stereocenters. The Labute approximate surface area is 177 Å². The largest absolute Gasteiger partial charge is 0.491 e. The number of hydrogen-bond acceptors (Lipinski definition) is 6. The van der Waals surface area contributed by atoms with E-state index in [0.29, 0.717) is 25.1 Å². The highest BCUT2D eigenvalue weighted by atomic mass is 16.5. The van der Waals surface area contributed by atoms with E-state index < -0.39 is 6.04 Å². The fraction of sp³-hybridized carbons (Fsp3) is 0.591. The molecule has 4 atom stereocenters. The summed E-state index contributed by atoms with van der Waals surface area (Å²) in [6.07, 6.45) is 1.89. The highest BCUT2D eigenvalue weighted by Crippen LogP contribution is 2.28. The lowest BCUT2D eigenvalue weighted by atomic mass is 9.98. The lowest BCUT2D eigenvalue weighted by molar-refractivity contribution is -0.152. The number of ether oxygens (including phenoxy) is 3. The van der Waals surface area contributed by atoms with Crippen molar-refractivity contribution in [3.8, 4) is 11.8 Å². The lowest BCUT2D eigenvalue weighted by Crippen LogP contribution is -2.52. The first-order chi connectivity index (χ1) is 14.4. The average Bonchev–Trinajstić information content (AvgIpc) is 2.76. The maximum absolute atomic E-state index is 13.2. The zero-order valence-corrected chi connectivity index (χ0v) is 18.0. The van der Waals surface area contributed by atoms with Gasteiger partial charge in [-0.25, -0.2) is 0 Å². The van der Waals surface area contributed by atoms with Crippen LogP contribution in [0, 0.1) is 11.3 Å². The van der Waals surface area contributed by atoms with Crippen LogP contribution in [0.4, 0.5) is 0 Å². The normalized spacial score (nSPS) is 28.2. The number of amides is 2. The Balaban J connectivity index is 1.96. The Kier molecular flexibility index (Phi) is 6.95. The van der Waals surface area contributed by atoms with Crippen LogP contribution in [-0.2, 0) is 14.3 Å². The van der Waals surface area contributed by atoms with E-state index in [-0.39, 0.29) is 41.4 Å². The fourth-order valence-electron chi connectivity index (χ4n) is 4.03. The molecule has 1 fully saturated rings. The van der Waals surface area contributed by atoms with E-state index in [1.165, 1.54) is 4.90 Å². The molecule has 1 aromatic rings.